The van der Waals surface area contributed by atoms with Crippen LogP contribution in [0.15, 0.2) is 109 Å². The highest BCUT2D eigenvalue weighted by molar-refractivity contribution is 6.01. The van der Waals surface area contributed by atoms with Crippen molar-refractivity contribution in [1.82, 2.24) is 58.5 Å². The summed E-state index contributed by atoms with van der Waals surface area (Å²) in [6.45, 7) is 4.79. The average Bonchev–Trinajstić information content (AvgIpc) is 0.860. The van der Waals surface area contributed by atoms with Crippen LogP contribution in [-0.2, 0) is 102 Å². The Balaban J connectivity index is 1.60. The lowest BCUT2D eigenvalue weighted by molar-refractivity contribution is -0.143. The second-order valence-electron chi connectivity index (χ2n) is 23.9. The van der Waals surface area contributed by atoms with Crippen LogP contribution in [0.25, 0.3) is 0 Å². The first-order chi connectivity index (χ1) is 47.6. The third-order valence-electron chi connectivity index (χ3n) is 14.9. The van der Waals surface area contributed by atoms with Gasteiger partial charge >= 0.3 is 23.9 Å². The van der Waals surface area contributed by atoms with Gasteiger partial charge in [-0.1, -0.05) is 98.8 Å². The highest BCUT2D eigenvalue weighted by Crippen LogP contribution is 2.16. The van der Waals surface area contributed by atoms with Crippen LogP contribution < -0.4 is 70.0 Å². The van der Waals surface area contributed by atoms with Crippen molar-refractivity contribution in [1.29, 1.82) is 0 Å². The molecule has 4 aromatic rings. The van der Waals surface area contributed by atoms with Gasteiger partial charge in [-0.25, -0.2) is 0 Å². The molecule has 101 heavy (non-hydrogen) atoms. The van der Waals surface area contributed by atoms with Gasteiger partial charge in [0, 0.05) is 25.7 Å². The molecular formula is C66H83N13O22. The fraction of sp³-hybridized carbons (Fsp3) is 0.394. The lowest BCUT2D eigenvalue weighted by atomic mass is 9.99. The van der Waals surface area contributed by atoms with E-state index in [-0.39, 0.29) is 49.5 Å². The van der Waals surface area contributed by atoms with E-state index in [1.807, 2.05) is 5.32 Å². The van der Waals surface area contributed by atoms with E-state index >= 15 is 0 Å². The number of aliphatic carboxylic acids is 4. The summed E-state index contributed by atoms with van der Waals surface area (Å²) in [6, 6.07) is 8.70. The molecule has 12 amide bonds. The molecule has 11 atom stereocenters. The number of carboxylic acid groups (broad SMARTS) is 4. The molecule has 4 aromatic carbocycles. The van der Waals surface area contributed by atoms with Gasteiger partial charge in [0.2, 0.25) is 70.9 Å². The number of benzene rings is 4. The number of nitrogens with one attached hydrogen (secondary N) is 11. The highest BCUT2D eigenvalue weighted by atomic mass is 16.4. The zero-order chi connectivity index (χ0) is 75.2. The molecule has 0 aliphatic rings. The van der Waals surface area contributed by atoms with Crippen molar-refractivity contribution >= 4 is 94.8 Å². The van der Waals surface area contributed by atoms with Crippen LogP contribution in [0.5, 0.6) is 11.5 Å². The van der Waals surface area contributed by atoms with E-state index in [0.717, 1.165) is 13.8 Å². The van der Waals surface area contributed by atoms with Gasteiger partial charge in [0.25, 0.3) is 0 Å². The fourth-order valence-corrected chi connectivity index (χ4v) is 9.66. The van der Waals surface area contributed by atoms with Gasteiger partial charge in [-0.2, -0.15) is 0 Å². The Bertz CT molecular complexity index is 3620. The molecule has 0 aromatic heterocycles. The molecule has 0 saturated heterocycles. The van der Waals surface area contributed by atoms with Crippen LogP contribution in [0.3, 0.4) is 0 Å². The molecule has 4 rings (SSSR count). The van der Waals surface area contributed by atoms with Crippen LogP contribution in [-0.4, -0.2) is 198 Å². The molecular weight excluding hydrogens is 1330 g/mol. The standard InChI is InChI=1S/C66H83N13O22/c1-33(2)23-43(61(95)77-47(25-37-13-9-6-10-14-37)64(98)79-49(30-54(86)87)60(94)71-35(4)66(100)101)75-62(96)45(24-36-11-7-5-8-12-36)72-52(83)32-69-58(92)44(26-38-15-19-40(80)20-16-38)76-63(97)46(27-39-17-21-41(81)22-18-39)73-56(90)34(3)70-59(93)48(29-51(68)82)78-65(99)50(31-55(88)89)74-57(91)42(67)28-53(84)85/h5-22,33-35,42-50,80-81H,23-32,67H2,1-4H3,(H2,68,82)(H,69,92)(H,70,93)(H,71,94)(H,72,83)(H,73,90)(H,74,91)(H,75,96)(H,76,97)(H,77,95)(H,78,99)(H,79,98)(H,84,85)(H,86,87)(H,88,89)(H,100,101)/t34-,35-,42-,43-,44-,45-,46-,47-,48-,49-,50-/m0/s1. The summed E-state index contributed by atoms with van der Waals surface area (Å²) in [4.78, 5) is 211. The monoisotopic (exact) mass is 1410 g/mol. The fourth-order valence-electron chi connectivity index (χ4n) is 9.66. The largest absolute Gasteiger partial charge is 0.508 e. The van der Waals surface area contributed by atoms with E-state index in [0.29, 0.717) is 22.3 Å². The molecule has 0 spiro atoms. The topological polar surface area (TPSA) is 579 Å². The summed E-state index contributed by atoms with van der Waals surface area (Å²) in [5.41, 5.74) is 12.6. The Kier molecular flexibility index (Phi) is 32.2. The number of hydrogen-bond acceptors (Lipinski definition) is 19. The van der Waals surface area contributed by atoms with E-state index in [1.165, 1.54) is 48.5 Å². The number of amides is 12. The highest BCUT2D eigenvalue weighted by Gasteiger charge is 2.37. The molecule has 35 nitrogen and oxygen atoms in total. The Morgan fingerprint density at radius 3 is 1.06 bits per heavy atom. The summed E-state index contributed by atoms with van der Waals surface area (Å²) in [5.74, 6) is -20.2. The van der Waals surface area contributed by atoms with E-state index in [9.17, 15) is 102 Å². The summed E-state index contributed by atoms with van der Waals surface area (Å²) in [6.07, 6.45) is -5.22. The molecule has 0 radical (unpaired) electrons. The SMILES string of the molecule is CC(C)C[C@H](NC(=O)[C@H](Cc1ccccc1)NC(=O)CNC(=O)[C@H](Cc1ccc(O)cc1)NC(=O)[C@H](Cc1ccc(O)cc1)NC(=O)[C@H](C)NC(=O)[C@H](CC(N)=O)NC(=O)[C@H](CC(=O)O)NC(=O)[C@@H](N)CC(=O)O)C(=O)N[C@@H](Cc1ccccc1)C(=O)N[C@@H](CC(=O)O)C(=O)N[C@@H](C)C(=O)O. The number of carbonyl (C=O) groups is 16. The Morgan fingerprint density at radius 1 is 0.347 bits per heavy atom. The summed E-state index contributed by atoms with van der Waals surface area (Å²) in [7, 11) is 0. The number of carbonyl (C=O) groups excluding carboxylic acids is 12. The first kappa shape index (κ1) is 81.4. The van der Waals surface area contributed by atoms with Crippen LogP contribution >= 0.6 is 0 Å². The number of carboxylic acids is 4. The van der Waals surface area contributed by atoms with Crippen molar-refractivity contribution < 1.29 is 107 Å². The average molecular weight is 1410 g/mol. The normalized spacial score (nSPS) is 14.2. The van der Waals surface area contributed by atoms with Crippen LogP contribution in [0.1, 0.15) is 82.1 Å². The number of primary amides is 1. The quantitative estimate of drug-likeness (QED) is 0.0202. The number of hydrogen-bond donors (Lipinski definition) is 19. The minimum atomic E-state index is -1.99. The van der Waals surface area contributed by atoms with Crippen LogP contribution in [0.2, 0.25) is 0 Å². The molecule has 21 N–H and O–H groups in total. The molecule has 0 fully saturated rings. The van der Waals surface area contributed by atoms with Crippen molar-refractivity contribution in [3.8, 4) is 11.5 Å². The zero-order valence-electron chi connectivity index (χ0n) is 55.3. The Labute approximate surface area is 577 Å². The third kappa shape index (κ3) is 29.3. The van der Waals surface area contributed by atoms with E-state index < -0.39 is 193 Å². The maximum atomic E-state index is 14.6. The van der Waals surface area contributed by atoms with Gasteiger partial charge in [0.05, 0.1) is 38.3 Å². The van der Waals surface area contributed by atoms with Crippen molar-refractivity contribution in [3.05, 3.63) is 131 Å². The third-order valence-corrected chi connectivity index (χ3v) is 14.9. The van der Waals surface area contributed by atoms with Crippen molar-refractivity contribution in [2.45, 2.75) is 152 Å². The second-order valence-corrected chi connectivity index (χ2v) is 23.9. The first-order valence-corrected chi connectivity index (χ1v) is 31.4. The maximum absolute atomic E-state index is 14.6. The molecule has 0 bridgehead atoms. The van der Waals surface area contributed by atoms with Crippen LogP contribution in [0, 0.1) is 5.92 Å². The zero-order valence-corrected chi connectivity index (χ0v) is 55.3. The lowest BCUT2D eigenvalue weighted by Gasteiger charge is -2.27. The van der Waals surface area contributed by atoms with Gasteiger partial charge in [-0.05, 0) is 72.7 Å². The van der Waals surface area contributed by atoms with Gasteiger partial charge in [0.1, 0.15) is 71.9 Å². The first-order valence-electron chi connectivity index (χ1n) is 31.4. The smallest absolute Gasteiger partial charge is 0.325 e. The maximum Gasteiger partial charge on any atom is 0.325 e. The summed E-state index contributed by atoms with van der Waals surface area (Å²) >= 11 is 0. The van der Waals surface area contributed by atoms with Crippen molar-refractivity contribution in [2.75, 3.05) is 6.54 Å². The van der Waals surface area contributed by atoms with Gasteiger partial charge in [-0.15, -0.1) is 0 Å². The Morgan fingerprint density at radius 2 is 0.663 bits per heavy atom. The minimum absolute atomic E-state index is 0.0686. The van der Waals surface area contributed by atoms with Gasteiger partial charge < -0.3 is 101 Å². The predicted molar refractivity (Wildman–Crippen MR) is 353 cm³/mol. The van der Waals surface area contributed by atoms with Gasteiger partial charge in [-0.3, -0.25) is 76.7 Å². The number of nitrogens with two attached hydrogens (primary N) is 2. The summed E-state index contributed by atoms with van der Waals surface area (Å²) in [5, 5.41) is 83.5. The minimum Gasteiger partial charge on any atom is -0.508 e. The van der Waals surface area contributed by atoms with E-state index in [4.69, 9.17) is 16.6 Å². The van der Waals surface area contributed by atoms with Crippen LogP contribution in [0.4, 0.5) is 0 Å². The number of aromatic hydroxyl groups is 2. The van der Waals surface area contributed by atoms with Gasteiger partial charge in [0.15, 0.2) is 0 Å². The predicted octanol–water partition coefficient (Wildman–Crippen LogP) is -3.87. The Hall–Kier alpha value is -12.0. The molecule has 0 unspecified atom stereocenters. The van der Waals surface area contributed by atoms with E-state index in [2.05, 4.69) is 53.2 Å². The molecule has 35 heteroatoms. The number of rotatable bonds is 41. The molecule has 0 saturated carbocycles. The summed E-state index contributed by atoms with van der Waals surface area (Å²) < 4.78 is 0. The number of phenols is 2. The van der Waals surface area contributed by atoms with Crippen molar-refractivity contribution in [2.24, 2.45) is 17.4 Å². The van der Waals surface area contributed by atoms with Crippen molar-refractivity contribution in [3.63, 3.8) is 0 Å². The molecule has 544 valence electrons. The molecule has 0 heterocycles. The second kappa shape index (κ2) is 40.0. The molecule has 0 aliphatic heterocycles. The number of phenolic OH excluding ortho intramolecular Hbond substituents is 2. The van der Waals surface area contributed by atoms with E-state index in [1.54, 1.807) is 74.5 Å². The molecule has 0 aliphatic carbocycles. The lowest BCUT2D eigenvalue weighted by Crippen LogP contribution is -2.60.